The van der Waals surface area contributed by atoms with Gasteiger partial charge in [-0.15, -0.1) is 61.2 Å². The highest BCUT2D eigenvalue weighted by atomic mass is 16.5. The van der Waals surface area contributed by atoms with Gasteiger partial charge in [-0.1, -0.05) is 52.9 Å². The minimum atomic E-state index is -0.0830. The molecule has 0 bridgehead atoms. The fourth-order valence-corrected chi connectivity index (χ4v) is 19.4. The lowest BCUT2D eigenvalue weighted by molar-refractivity contribution is 0.0417. The number of hydrogen-bond acceptors (Lipinski definition) is 22. The van der Waals surface area contributed by atoms with Gasteiger partial charge in [0, 0.05) is 229 Å². The van der Waals surface area contributed by atoms with Gasteiger partial charge in [-0.2, -0.15) is 0 Å². The largest absolute Gasteiger partial charge is 0.381 e. The molecular formula is C99H168N30O10. The molecule has 8 aliphatic carbocycles. The minimum Gasteiger partial charge on any atom is -0.381 e. The van der Waals surface area contributed by atoms with E-state index in [2.05, 4.69) is 201 Å². The second-order valence-corrected chi connectivity index (χ2v) is 40.5. The first-order valence-corrected chi connectivity index (χ1v) is 53.8. The summed E-state index contributed by atoms with van der Waals surface area (Å²) in [7, 11) is 4.07. The second-order valence-electron chi connectivity index (χ2n) is 40.5. The molecule has 6 aromatic rings. The maximum absolute atomic E-state index is 12.0. The fourth-order valence-electron chi connectivity index (χ4n) is 19.4. The normalized spacial score (nSPS) is 21.6. The van der Waals surface area contributed by atoms with Crippen LogP contribution in [0.5, 0.6) is 0 Å². The summed E-state index contributed by atoms with van der Waals surface area (Å²) >= 11 is 0. The first-order chi connectivity index (χ1) is 67.8. The van der Waals surface area contributed by atoms with E-state index in [0.29, 0.717) is 105 Å². The van der Waals surface area contributed by atoms with Crippen LogP contribution in [0.4, 0.5) is 28.8 Å². The maximum atomic E-state index is 12.0. The summed E-state index contributed by atoms with van der Waals surface area (Å²) in [5.74, 6) is 18.1. The summed E-state index contributed by atoms with van der Waals surface area (Å²) in [4.78, 5) is 71.5. The van der Waals surface area contributed by atoms with E-state index in [-0.39, 0.29) is 60.4 Å². The van der Waals surface area contributed by atoms with E-state index in [4.69, 9.17) is 18.9 Å². The van der Waals surface area contributed by atoms with Gasteiger partial charge in [0.15, 0.2) is 0 Å². The van der Waals surface area contributed by atoms with Crippen molar-refractivity contribution in [1.82, 2.24) is 152 Å². The highest BCUT2D eigenvalue weighted by Gasteiger charge is 2.37. The number of carbonyl (C=O) groups excluding carboxylic acids is 6. The number of carbonyl (C=O) groups is 6. The van der Waals surface area contributed by atoms with Crippen molar-refractivity contribution in [2.75, 3.05) is 92.1 Å². The van der Waals surface area contributed by atoms with Crippen molar-refractivity contribution in [1.29, 1.82) is 0 Å². The smallest absolute Gasteiger partial charge is 0.315 e. The fraction of sp³-hybridized carbons (Fsp3) is 0.818. The van der Waals surface area contributed by atoms with E-state index >= 15 is 0 Å². The Morgan fingerprint density at radius 1 is 0.259 bits per heavy atom. The zero-order chi connectivity index (χ0) is 97.6. The number of aromatic nitrogens is 18. The predicted molar refractivity (Wildman–Crippen MR) is 529 cm³/mol. The van der Waals surface area contributed by atoms with Gasteiger partial charge < -0.3 is 110 Å². The molecule has 6 aromatic heterocycles. The summed E-state index contributed by atoms with van der Waals surface area (Å²) in [6, 6.07) is 1.25. The zero-order valence-electron chi connectivity index (χ0n) is 85.1. The van der Waals surface area contributed by atoms with Crippen molar-refractivity contribution in [2.45, 2.75) is 397 Å². The molecule has 0 aromatic carbocycles. The molecule has 139 heavy (non-hydrogen) atoms. The van der Waals surface area contributed by atoms with E-state index in [1.54, 1.807) is 0 Å². The molecule has 6 atom stereocenters. The number of hydrogen-bond donors (Lipinski definition) is 12. The van der Waals surface area contributed by atoms with E-state index in [0.717, 1.165) is 284 Å². The Hall–Kier alpha value is -9.70. The molecule has 8 saturated carbocycles. The molecule has 6 unspecified atom stereocenters. The van der Waals surface area contributed by atoms with Gasteiger partial charge in [0.25, 0.3) is 0 Å². The summed E-state index contributed by atoms with van der Waals surface area (Å²) in [6.45, 7) is 28.6. The Kier molecular flexibility index (Phi) is 43.1. The highest BCUT2D eigenvalue weighted by molar-refractivity contribution is 5.76. The number of ether oxygens (including phenoxy) is 4. The monoisotopic (exact) mass is 1940 g/mol. The standard InChI is InChI=1S/C18H31N5O.C17H29N5O2.C17H29N5O.2C16H27N5O2.C15H25N5O2/c1-3-23-16(21-22-17(23)14-10-11-14)9-6-12-19-18(24)20-15-8-5-4-7-13(15)2;1-3-22-15(20-21-16(22)13-6-7-13)5-4-9-18-17(23)19-14-8-10-24-11-12(14)2;1-2-22-15(20-21-16(22)13-10-11-13)9-6-12-18-17(23)19-14-7-4-3-5-8-14;1-11-10-23-9-7-13(11)18-16(22)17-8-3-4-14-19-20-15(21(14)2)12-5-6-12;1-2-21-14(19-20-15(21)12-5-6-12)4-3-9-17-16(22)18-13-7-10-23-11-8-13;1-20-13(18-19-14(20)11-4-5-11)3-2-8-16-15(21)17-12-6-9-22-10-7-12/h13-15H,3-12H2,1-2H3,(H2,19,20,24);12-14H,3-11H2,1-2H3,(H2,18,19,23);13-14H,2-12H2,1H3,(H2,18,19,23);11-13H,3-10H2,1-2H3,(H2,17,18,22);12-13H,2-11H2,1H3,(H2,17,18,22);11-12H,2-10H2,1H3,(H2,16,17,21). The molecule has 40 heteroatoms. The summed E-state index contributed by atoms with van der Waals surface area (Å²) in [6.07, 6.45) is 41.6. The van der Waals surface area contributed by atoms with Crippen LogP contribution in [0.3, 0.4) is 0 Å². The van der Waals surface area contributed by atoms with Gasteiger partial charge in [0.2, 0.25) is 0 Å². The van der Waals surface area contributed by atoms with Crippen LogP contribution in [0, 0.1) is 17.8 Å². The number of aryl methyl sites for hydroxylation is 6. The molecule has 774 valence electrons. The van der Waals surface area contributed by atoms with Gasteiger partial charge in [-0.25, -0.2) is 28.8 Å². The highest BCUT2D eigenvalue weighted by Crippen LogP contribution is 2.43. The molecule has 18 rings (SSSR count). The van der Waals surface area contributed by atoms with Crippen molar-refractivity contribution in [3.05, 3.63) is 69.9 Å². The van der Waals surface area contributed by atoms with Crippen LogP contribution < -0.4 is 63.8 Å². The van der Waals surface area contributed by atoms with Gasteiger partial charge in [-0.05, 0) is 225 Å². The molecule has 40 nitrogen and oxygen atoms in total. The molecule has 12 N–H and O–H groups in total. The van der Waals surface area contributed by atoms with Crippen molar-refractivity contribution >= 4 is 36.2 Å². The van der Waals surface area contributed by atoms with Crippen LogP contribution in [-0.4, -0.2) is 253 Å². The molecule has 12 amide bonds. The lowest BCUT2D eigenvalue weighted by atomic mass is 9.86. The van der Waals surface area contributed by atoms with Gasteiger partial charge in [0.05, 0.1) is 13.2 Å². The van der Waals surface area contributed by atoms with Crippen molar-refractivity contribution < 1.29 is 47.7 Å². The first kappa shape index (κ1) is 107. The number of nitrogens with one attached hydrogen (secondary N) is 12. The first-order valence-electron chi connectivity index (χ1n) is 53.8. The number of nitrogens with zero attached hydrogens (tertiary/aromatic N) is 18. The third kappa shape index (κ3) is 35.1. The van der Waals surface area contributed by atoms with Crippen LogP contribution in [0.15, 0.2) is 0 Å². The topological polar surface area (TPSA) is 468 Å². The van der Waals surface area contributed by atoms with E-state index in [9.17, 15) is 28.8 Å². The second kappa shape index (κ2) is 56.2. The van der Waals surface area contributed by atoms with Gasteiger partial charge in [-0.3, -0.25) is 0 Å². The van der Waals surface area contributed by atoms with Gasteiger partial charge >= 0.3 is 36.2 Å². The lowest BCUT2D eigenvalue weighted by Crippen LogP contribution is -2.48. The van der Waals surface area contributed by atoms with E-state index in [1.165, 1.54) is 116 Å². The van der Waals surface area contributed by atoms with Crippen molar-refractivity contribution in [3.8, 4) is 0 Å². The van der Waals surface area contributed by atoms with E-state index in [1.807, 2.05) is 14.1 Å². The quantitative estimate of drug-likeness (QED) is 0.0159. The summed E-state index contributed by atoms with van der Waals surface area (Å²) < 4.78 is 34.5. The van der Waals surface area contributed by atoms with Crippen LogP contribution in [-0.2, 0) is 97.7 Å². The molecule has 0 spiro atoms. The van der Waals surface area contributed by atoms with Crippen molar-refractivity contribution in [3.63, 3.8) is 0 Å². The summed E-state index contributed by atoms with van der Waals surface area (Å²) in [5, 5.41) is 87.9. The number of urea groups is 6. The molecule has 4 aliphatic heterocycles. The minimum absolute atomic E-state index is 0.0208. The Labute approximate surface area is 822 Å². The molecule has 10 heterocycles. The Bertz CT molecular complexity index is 4480. The number of amides is 12. The third-order valence-corrected chi connectivity index (χ3v) is 28.9. The molecule has 12 aliphatic rings. The van der Waals surface area contributed by atoms with Crippen molar-refractivity contribution in [2.24, 2.45) is 31.8 Å². The van der Waals surface area contributed by atoms with Crippen LogP contribution in [0.1, 0.15) is 366 Å². The molecule has 0 radical (unpaired) electrons. The molecule has 12 fully saturated rings. The average Bonchev–Trinajstić information content (AvgIpc) is 1.67. The third-order valence-electron chi connectivity index (χ3n) is 28.9. The predicted octanol–water partition coefficient (Wildman–Crippen LogP) is 11.6. The van der Waals surface area contributed by atoms with Crippen LogP contribution in [0.25, 0.3) is 0 Å². The average molecular weight is 1940 g/mol. The zero-order valence-corrected chi connectivity index (χ0v) is 85.1. The Balaban J connectivity index is 0.000000141. The van der Waals surface area contributed by atoms with Crippen LogP contribution in [0.2, 0.25) is 0 Å². The lowest BCUT2D eigenvalue weighted by Gasteiger charge is -2.29. The molecular weight excluding hydrogens is 1770 g/mol. The summed E-state index contributed by atoms with van der Waals surface area (Å²) in [5.41, 5.74) is 0. The SMILES string of the molecule is CC1COCCC1NC(=O)NCCCc1nnc(C2CC2)n1C.CCn1c(CCCNC(=O)NC2CCCCC2)nnc1C1CC1.CCn1c(CCCNC(=O)NC2CCCCC2C)nnc1C1CC1.CCn1c(CCCNC(=O)NC2CCOCC2)nnc1C1CC1.CCn1c(CCCNC(=O)NC2CCOCC2C)nnc1C1CC1.Cn1c(CCCNC(=O)NC2CCOCC2)nnc1C1CC1. The van der Waals surface area contributed by atoms with Gasteiger partial charge in [0.1, 0.15) is 69.9 Å². The Morgan fingerprint density at radius 3 is 0.777 bits per heavy atom. The van der Waals surface area contributed by atoms with E-state index < -0.39 is 0 Å². The maximum Gasteiger partial charge on any atom is 0.315 e. The molecule has 4 saturated heterocycles. The number of rotatable bonds is 40. The Morgan fingerprint density at radius 2 is 0.496 bits per heavy atom. The van der Waals surface area contributed by atoms with Crippen LogP contribution >= 0.6 is 0 Å².